The lowest BCUT2D eigenvalue weighted by atomic mass is 10.3. The Bertz CT molecular complexity index is 707. The van der Waals surface area contributed by atoms with Crippen LogP contribution in [0.15, 0.2) is 45.1 Å². The zero-order chi connectivity index (χ0) is 14.0. The first-order valence-electron chi connectivity index (χ1n) is 4.99. The van der Waals surface area contributed by atoms with Gasteiger partial charge in [-0.25, -0.2) is 13.2 Å². The van der Waals surface area contributed by atoms with E-state index in [1.165, 1.54) is 11.4 Å². The largest absolute Gasteiger partial charge is 0.477 e. The van der Waals surface area contributed by atoms with Gasteiger partial charge in [0.1, 0.15) is 9.77 Å². The van der Waals surface area contributed by atoms with E-state index >= 15 is 0 Å². The number of carboxylic acids is 1. The summed E-state index contributed by atoms with van der Waals surface area (Å²) in [6.07, 6.45) is 0. The van der Waals surface area contributed by atoms with Crippen molar-refractivity contribution >= 4 is 48.9 Å². The highest BCUT2D eigenvalue weighted by Crippen LogP contribution is 2.24. The zero-order valence-corrected chi connectivity index (χ0v) is 12.5. The van der Waals surface area contributed by atoms with Gasteiger partial charge in [-0.15, -0.1) is 11.3 Å². The van der Waals surface area contributed by atoms with Gasteiger partial charge in [-0.1, -0.05) is 15.9 Å². The van der Waals surface area contributed by atoms with Crippen molar-refractivity contribution in [3.63, 3.8) is 0 Å². The maximum Gasteiger partial charge on any atom is 0.347 e. The summed E-state index contributed by atoms with van der Waals surface area (Å²) in [5, 5.41) is 10.4. The molecular weight excluding hydrogens is 354 g/mol. The summed E-state index contributed by atoms with van der Waals surface area (Å²) >= 11 is 4.11. The average Bonchev–Trinajstić information content (AvgIpc) is 2.82. The molecule has 0 aliphatic carbocycles. The molecule has 1 aromatic heterocycles. The number of nitrogens with one attached hydrogen (secondary N) is 1. The van der Waals surface area contributed by atoms with Crippen molar-refractivity contribution in [1.82, 2.24) is 0 Å². The Balaban J connectivity index is 2.35. The molecule has 2 rings (SSSR count). The maximum atomic E-state index is 12.1. The third-order valence-electron chi connectivity index (χ3n) is 2.21. The number of carboxylic acid groups (broad SMARTS) is 1. The van der Waals surface area contributed by atoms with Crippen molar-refractivity contribution < 1.29 is 18.3 Å². The monoisotopic (exact) mass is 361 g/mol. The molecule has 0 bridgehead atoms. The van der Waals surface area contributed by atoms with Gasteiger partial charge in [0.15, 0.2) is 0 Å². The topological polar surface area (TPSA) is 83.5 Å². The quantitative estimate of drug-likeness (QED) is 0.876. The standard InChI is InChI=1S/C11H8BrNO4S2/c12-7-1-3-8(4-2-7)13-19(16,17)9-5-6-18-10(9)11(14)15/h1-6,13H,(H,14,15). The van der Waals surface area contributed by atoms with E-state index in [0.717, 1.165) is 15.8 Å². The molecule has 0 saturated heterocycles. The number of hydrogen-bond donors (Lipinski definition) is 2. The van der Waals surface area contributed by atoms with Gasteiger partial charge in [0.2, 0.25) is 0 Å². The number of anilines is 1. The predicted octanol–water partition coefficient (Wildman–Crippen LogP) is 3.01. The first-order valence-corrected chi connectivity index (χ1v) is 8.15. The van der Waals surface area contributed by atoms with Crippen molar-refractivity contribution in [3.05, 3.63) is 45.1 Å². The van der Waals surface area contributed by atoms with Gasteiger partial charge >= 0.3 is 5.97 Å². The van der Waals surface area contributed by atoms with Crippen molar-refractivity contribution in [1.29, 1.82) is 0 Å². The van der Waals surface area contributed by atoms with E-state index in [1.54, 1.807) is 24.3 Å². The van der Waals surface area contributed by atoms with Crippen LogP contribution in [0.5, 0.6) is 0 Å². The highest BCUT2D eigenvalue weighted by molar-refractivity contribution is 9.10. The number of aromatic carboxylic acids is 1. The zero-order valence-electron chi connectivity index (χ0n) is 9.33. The summed E-state index contributed by atoms with van der Waals surface area (Å²) in [4.78, 5) is 10.5. The third kappa shape index (κ3) is 3.14. The van der Waals surface area contributed by atoms with Crippen LogP contribution in [0.1, 0.15) is 9.67 Å². The Kier molecular flexibility index (Phi) is 3.93. The second-order valence-corrected chi connectivity index (χ2v) is 7.01. The number of benzene rings is 1. The molecule has 0 aliphatic rings. The fourth-order valence-corrected chi connectivity index (χ4v) is 3.98. The van der Waals surface area contributed by atoms with Crippen LogP contribution >= 0.6 is 27.3 Å². The maximum absolute atomic E-state index is 12.1. The Labute approximate surface area is 122 Å². The Morgan fingerprint density at radius 2 is 1.84 bits per heavy atom. The number of rotatable bonds is 4. The second kappa shape index (κ2) is 5.32. The number of thiophene rings is 1. The number of sulfonamides is 1. The molecule has 0 saturated carbocycles. The van der Waals surface area contributed by atoms with Crippen LogP contribution in [-0.2, 0) is 10.0 Å². The first kappa shape index (κ1) is 14.0. The average molecular weight is 362 g/mol. The summed E-state index contributed by atoms with van der Waals surface area (Å²) in [7, 11) is -3.89. The molecular formula is C11H8BrNO4S2. The summed E-state index contributed by atoms with van der Waals surface area (Å²) in [5.41, 5.74) is 0.366. The number of hydrogen-bond acceptors (Lipinski definition) is 4. The van der Waals surface area contributed by atoms with Crippen LogP contribution in [-0.4, -0.2) is 19.5 Å². The molecule has 2 aromatic rings. The molecule has 0 amide bonds. The van der Waals surface area contributed by atoms with Crippen LogP contribution in [0.3, 0.4) is 0 Å². The van der Waals surface area contributed by atoms with E-state index < -0.39 is 16.0 Å². The third-order valence-corrected chi connectivity index (χ3v) is 5.19. The van der Waals surface area contributed by atoms with Crippen LogP contribution in [0.25, 0.3) is 0 Å². The Morgan fingerprint density at radius 3 is 2.42 bits per heavy atom. The van der Waals surface area contributed by atoms with Crippen molar-refractivity contribution in [2.75, 3.05) is 4.72 Å². The SMILES string of the molecule is O=C(O)c1sccc1S(=O)(=O)Nc1ccc(Br)cc1. The minimum atomic E-state index is -3.89. The molecule has 100 valence electrons. The van der Waals surface area contributed by atoms with Gasteiger partial charge in [-0.05, 0) is 35.7 Å². The minimum Gasteiger partial charge on any atom is -0.477 e. The predicted molar refractivity (Wildman–Crippen MR) is 76.2 cm³/mol. The van der Waals surface area contributed by atoms with Gasteiger partial charge < -0.3 is 5.11 Å². The molecule has 0 atom stereocenters. The Morgan fingerprint density at radius 1 is 1.21 bits per heavy atom. The van der Waals surface area contributed by atoms with Gasteiger partial charge in [-0.2, -0.15) is 0 Å². The summed E-state index contributed by atoms with van der Waals surface area (Å²) in [6, 6.07) is 7.80. The second-order valence-electron chi connectivity index (χ2n) is 3.53. The van der Waals surface area contributed by atoms with Crippen LogP contribution in [0, 0.1) is 0 Å². The van der Waals surface area contributed by atoms with Gasteiger partial charge in [0, 0.05) is 10.2 Å². The molecule has 0 spiro atoms. The molecule has 2 N–H and O–H groups in total. The molecule has 0 unspecified atom stereocenters. The van der Waals surface area contributed by atoms with Gasteiger partial charge in [0.25, 0.3) is 10.0 Å². The van der Waals surface area contributed by atoms with E-state index in [0.29, 0.717) is 5.69 Å². The highest BCUT2D eigenvalue weighted by Gasteiger charge is 2.23. The molecule has 0 fully saturated rings. The molecule has 1 aromatic carbocycles. The van der Waals surface area contributed by atoms with E-state index in [2.05, 4.69) is 20.7 Å². The smallest absolute Gasteiger partial charge is 0.347 e. The summed E-state index contributed by atoms with van der Waals surface area (Å²) in [6.45, 7) is 0. The van der Waals surface area contributed by atoms with E-state index in [-0.39, 0.29) is 9.77 Å². The van der Waals surface area contributed by atoms with Crippen molar-refractivity contribution in [3.8, 4) is 0 Å². The fraction of sp³-hybridized carbons (Fsp3) is 0. The van der Waals surface area contributed by atoms with Crippen LogP contribution in [0.2, 0.25) is 0 Å². The molecule has 0 radical (unpaired) electrons. The molecule has 8 heteroatoms. The summed E-state index contributed by atoms with van der Waals surface area (Å²) in [5.74, 6) is -1.26. The lowest BCUT2D eigenvalue weighted by molar-refractivity contribution is 0.0698. The van der Waals surface area contributed by atoms with E-state index in [1.807, 2.05) is 0 Å². The first-order chi connectivity index (χ1) is 8.90. The lowest BCUT2D eigenvalue weighted by Gasteiger charge is -2.07. The van der Waals surface area contributed by atoms with Gasteiger partial charge in [0.05, 0.1) is 0 Å². The van der Waals surface area contributed by atoms with E-state index in [4.69, 9.17) is 5.11 Å². The normalized spacial score (nSPS) is 11.2. The minimum absolute atomic E-state index is 0.204. The summed E-state index contributed by atoms with van der Waals surface area (Å²) < 4.78 is 27.3. The lowest BCUT2D eigenvalue weighted by Crippen LogP contribution is -2.15. The number of halogens is 1. The van der Waals surface area contributed by atoms with Crippen molar-refractivity contribution in [2.45, 2.75) is 4.90 Å². The molecule has 1 heterocycles. The highest BCUT2D eigenvalue weighted by atomic mass is 79.9. The van der Waals surface area contributed by atoms with Crippen LogP contribution in [0.4, 0.5) is 5.69 Å². The van der Waals surface area contributed by atoms with Gasteiger partial charge in [-0.3, -0.25) is 4.72 Å². The fourth-order valence-electron chi connectivity index (χ4n) is 1.39. The van der Waals surface area contributed by atoms with Crippen LogP contribution < -0.4 is 4.72 Å². The molecule has 19 heavy (non-hydrogen) atoms. The Hall–Kier alpha value is -1.38. The molecule has 5 nitrogen and oxygen atoms in total. The van der Waals surface area contributed by atoms with E-state index in [9.17, 15) is 13.2 Å². The van der Waals surface area contributed by atoms with Crippen molar-refractivity contribution in [2.24, 2.45) is 0 Å². The number of carbonyl (C=O) groups is 1. The molecule has 0 aliphatic heterocycles.